The van der Waals surface area contributed by atoms with E-state index in [1.807, 2.05) is 6.20 Å². The molecule has 5 rings (SSSR count). The van der Waals surface area contributed by atoms with E-state index in [0.717, 1.165) is 28.5 Å². The van der Waals surface area contributed by atoms with Crippen LogP contribution in [-0.2, 0) is 6.54 Å². The van der Waals surface area contributed by atoms with Gasteiger partial charge in [-0.1, -0.05) is 12.1 Å². The van der Waals surface area contributed by atoms with Crippen LogP contribution in [0.1, 0.15) is 39.6 Å². The van der Waals surface area contributed by atoms with E-state index in [2.05, 4.69) is 10.3 Å². The number of rotatable bonds is 5. The van der Waals surface area contributed by atoms with Crippen LogP contribution in [0.3, 0.4) is 0 Å². The molecule has 3 aromatic heterocycles. The number of nitrogens with zero attached hydrogens (tertiary/aromatic N) is 2. The molecule has 0 aliphatic heterocycles. The second kappa shape index (κ2) is 7.63. The van der Waals surface area contributed by atoms with Crippen molar-refractivity contribution in [2.75, 3.05) is 5.73 Å². The first-order chi connectivity index (χ1) is 15.0. The highest BCUT2D eigenvalue weighted by atomic mass is 32.1. The monoisotopic (exact) mass is 434 g/mol. The Hall–Kier alpha value is -3.52. The summed E-state index contributed by atoms with van der Waals surface area (Å²) in [5.41, 5.74) is 8.34. The fourth-order valence-corrected chi connectivity index (χ4v) is 4.76. The van der Waals surface area contributed by atoms with Gasteiger partial charge in [0.05, 0.1) is 16.1 Å². The van der Waals surface area contributed by atoms with Crippen molar-refractivity contribution in [2.24, 2.45) is 0 Å². The highest BCUT2D eigenvalue weighted by Gasteiger charge is 2.28. The Bertz CT molecular complexity index is 1370. The zero-order chi connectivity index (χ0) is 21.5. The Morgan fingerprint density at radius 2 is 2.10 bits per heavy atom. The molecule has 3 heterocycles. The molecule has 1 saturated carbocycles. The van der Waals surface area contributed by atoms with E-state index in [1.165, 1.54) is 40.3 Å². The molecule has 1 aliphatic rings. The number of fused-ring (bicyclic) bond motifs is 1. The van der Waals surface area contributed by atoms with Gasteiger partial charge in [-0.15, -0.1) is 11.3 Å². The van der Waals surface area contributed by atoms with Gasteiger partial charge in [0, 0.05) is 36.6 Å². The minimum absolute atomic E-state index is 0.140. The van der Waals surface area contributed by atoms with Gasteiger partial charge in [0.25, 0.3) is 11.5 Å². The van der Waals surface area contributed by atoms with Crippen molar-refractivity contribution in [3.05, 3.63) is 87.2 Å². The number of halogens is 1. The van der Waals surface area contributed by atoms with Gasteiger partial charge < -0.3 is 11.1 Å². The van der Waals surface area contributed by atoms with E-state index in [9.17, 15) is 14.0 Å². The molecule has 0 bridgehead atoms. The number of aromatic nitrogens is 2. The van der Waals surface area contributed by atoms with Gasteiger partial charge in [0.2, 0.25) is 0 Å². The summed E-state index contributed by atoms with van der Waals surface area (Å²) in [6, 6.07) is 9.16. The molecule has 31 heavy (non-hydrogen) atoms. The predicted molar refractivity (Wildman–Crippen MR) is 119 cm³/mol. The SMILES string of the molecule is Nc1c(C(=O)NCc2ccc(-n3ccccc3=O)c(F)c2)sc2cncc(C3CC3)c12. The third-order valence-corrected chi connectivity index (χ3v) is 6.58. The molecular formula is C23H19FN4O2S. The zero-order valence-electron chi connectivity index (χ0n) is 16.5. The average molecular weight is 434 g/mol. The number of thiophene rings is 1. The molecule has 1 aliphatic carbocycles. The Morgan fingerprint density at radius 3 is 2.84 bits per heavy atom. The van der Waals surface area contributed by atoms with Crippen molar-refractivity contribution in [3.8, 4) is 5.69 Å². The summed E-state index contributed by atoms with van der Waals surface area (Å²) in [6.07, 6.45) is 7.32. The first-order valence-corrected chi connectivity index (χ1v) is 10.7. The van der Waals surface area contributed by atoms with E-state index in [0.29, 0.717) is 22.0 Å². The van der Waals surface area contributed by atoms with Crippen LogP contribution in [0.4, 0.5) is 10.1 Å². The fraction of sp³-hybridized carbons (Fsp3) is 0.174. The topological polar surface area (TPSA) is 90.0 Å². The number of nitrogens with one attached hydrogen (secondary N) is 1. The fourth-order valence-electron chi connectivity index (χ4n) is 3.72. The molecule has 1 amide bonds. The Balaban J connectivity index is 1.36. The standard InChI is InChI=1S/C23H19FN4O2S/c24-16-9-13(4-7-17(16)28-8-2-1-3-19(28)29)10-27-23(30)22-21(25)20-15(14-5-6-14)11-26-12-18(20)31-22/h1-4,7-9,11-12,14H,5-6,10,25H2,(H,27,30). The molecule has 3 N–H and O–H groups in total. The van der Waals surface area contributed by atoms with Gasteiger partial charge in [-0.25, -0.2) is 4.39 Å². The van der Waals surface area contributed by atoms with Crippen LogP contribution < -0.4 is 16.6 Å². The number of nitrogens with two attached hydrogens (primary N) is 1. The van der Waals surface area contributed by atoms with Crippen LogP contribution in [0, 0.1) is 5.82 Å². The smallest absolute Gasteiger partial charge is 0.263 e. The van der Waals surface area contributed by atoms with Crippen LogP contribution in [0.2, 0.25) is 0 Å². The van der Waals surface area contributed by atoms with E-state index in [4.69, 9.17) is 5.73 Å². The van der Waals surface area contributed by atoms with Crippen molar-refractivity contribution >= 4 is 33.0 Å². The second-order valence-electron chi connectivity index (χ2n) is 7.60. The van der Waals surface area contributed by atoms with Gasteiger partial charge >= 0.3 is 0 Å². The summed E-state index contributed by atoms with van der Waals surface area (Å²) in [5, 5.41) is 3.74. The van der Waals surface area contributed by atoms with Crippen LogP contribution in [0.5, 0.6) is 0 Å². The number of nitrogen functional groups attached to an aromatic ring is 1. The van der Waals surface area contributed by atoms with Crippen molar-refractivity contribution in [2.45, 2.75) is 25.3 Å². The molecule has 1 aromatic carbocycles. The molecular weight excluding hydrogens is 415 g/mol. The van der Waals surface area contributed by atoms with Gasteiger partial charge in [0.1, 0.15) is 10.7 Å². The average Bonchev–Trinajstić information content (AvgIpc) is 3.56. The van der Waals surface area contributed by atoms with E-state index in [-0.39, 0.29) is 23.7 Å². The molecule has 8 heteroatoms. The summed E-state index contributed by atoms with van der Waals surface area (Å²) in [4.78, 5) is 29.4. The van der Waals surface area contributed by atoms with E-state index in [1.54, 1.807) is 24.4 Å². The second-order valence-corrected chi connectivity index (χ2v) is 8.65. The molecule has 156 valence electrons. The molecule has 0 spiro atoms. The maximum absolute atomic E-state index is 14.6. The number of amides is 1. The van der Waals surface area contributed by atoms with Gasteiger partial charge in [-0.3, -0.25) is 19.1 Å². The Morgan fingerprint density at radius 1 is 1.26 bits per heavy atom. The minimum atomic E-state index is -0.540. The molecule has 4 aromatic rings. The lowest BCUT2D eigenvalue weighted by Crippen LogP contribution is -2.23. The molecule has 1 fully saturated rings. The predicted octanol–water partition coefficient (Wildman–Crippen LogP) is 3.98. The number of carbonyl (C=O) groups excluding carboxylic acids is 1. The number of carbonyl (C=O) groups is 1. The van der Waals surface area contributed by atoms with Gasteiger partial charge in [-0.2, -0.15) is 0 Å². The van der Waals surface area contributed by atoms with Crippen LogP contribution in [0.25, 0.3) is 15.8 Å². The summed E-state index contributed by atoms with van der Waals surface area (Å²) >= 11 is 1.32. The highest BCUT2D eigenvalue weighted by molar-refractivity contribution is 7.21. The molecule has 0 saturated heterocycles. The van der Waals surface area contributed by atoms with Crippen molar-refractivity contribution in [3.63, 3.8) is 0 Å². The molecule has 6 nitrogen and oxygen atoms in total. The van der Waals surface area contributed by atoms with Crippen LogP contribution in [0.15, 0.2) is 59.8 Å². The van der Waals surface area contributed by atoms with E-state index < -0.39 is 5.82 Å². The normalized spacial score (nSPS) is 13.5. The van der Waals surface area contributed by atoms with Crippen molar-refractivity contribution in [1.29, 1.82) is 0 Å². The minimum Gasteiger partial charge on any atom is -0.397 e. The van der Waals surface area contributed by atoms with Gasteiger partial charge in [-0.05, 0) is 48.1 Å². The third kappa shape index (κ3) is 3.59. The Labute approximate surface area is 181 Å². The Kier molecular flexibility index (Phi) is 4.78. The lowest BCUT2D eigenvalue weighted by atomic mass is 10.1. The number of pyridine rings is 2. The van der Waals surface area contributed by atoms with Crippen LogP contribution in [-0.4, -0.2) is 15.5 Å². The number of benzene rings is 1. The maximum atomic E-state index is 14.6. The lowest BCUT2D eigenvalue weighted by molar-refractivity contribution is 0.0955. The summed E-state index contributed by atoms with van der Waals surface area (Å²) in [7, 11) is 0. The van der Waals surface area contributed by atoms with Gasteiger partial charge in [0.15, 0.2) is 0 Å². The zero-order valence-corrected chi connectivity index (χ0v) is 17.3. The first-order valence-electron chi connectivity index (χ1n) is 9.93. The maximum Gasteiger partial charge on any atom is 0.263 e. The number of hydrogen-bond donors (Lipinski definition) is 2. The first kappa shape index (κ1) is 19.4. The molecule has 0 unspecified atom stereocenters. The number of hydrogen-bond acceptors (Lipinski definition) is 5. The van der Waals surface area contributed by atoms with Crippen molar-refractivity contribution in [1.82, 2.24) is 14.9 Å². The molecule has 0 atom stereocenters. The molecule has 0 radical (unpaired) electrons. The summed E-state index contributed by atoms with van der Waals surface area (Å²) in [6.45, 7) is 0.140. The van der Waals surface area contributed by atoms with Crippen LogP contribution >= 0.6 is 11.3 Å². The summed E-state index contributed by atoms with van der Waals surface area (Å²) in [5.74, 6) is -0.367. The number of anilines is 1. The lowest BCUT2D eigenvalue weighted by Gasteiger charge is -2.09. The third-order valence-electron chi connectivity index (χ3n) is 5.44. The van der Waals surface area contributed by atoms with Crippen molar-refractivity contribution < 1.29 is 9.18 Å². The highest BCUT2D eigenvalue weighted by Crippen LogP contribution is 2.46. The quantitative estimate of drug-likeness (QED) is 0.497. The largest absolute Gasteiger partial charge is 0.397 e. The summed E-state index contributed by atoms with van der Waals surface area (Å²) < 4.78 is 16.7. The van der Waals surface area contributed by atoms with E-state index >= 15 is 0 Å².